The molecule has 0 saturated carbocycles. The highest BCUT2D eigenvalue weighted by Gasteiger charge is 2.18. The maximum atomic E-state index is 12.3. The van der Waals surface area contributed by atoms with E-state index in [4.69, 9.17) is 11.6 Å². The van der Waals surface area contributed by atoms with Gasteiger partial charge in [0.25, 0.3) is 0 Å². The monoisotopic (exact) mass is 553 g/mol. The van der Waals surface area contributed by atoms with Crippen molar-refractivity contribution in [3.8, 4) is 0 Å². The Hall–Kier alpha value is -1.68. The third kappa shape index (κ3) is 7.93. The SMILES string of the molecule is C=CCS(=O)(=O)n1cc(Cl)c2cc(CN3CCN(C)CC3)ccc21.Cl.Cl.Fc1cccc(F)c1. The first-order valence-electron chi connectivity index (χ1n) is 10.1. The molecule has 1 saturated heterocycles. The Morgan fingerprint density at radius 3 is 2.18 bits per heavy atom. The van der Waals surface area contributed by atoms with E-state index in [9.17, 15) is 17.2 Å². The maximum Gasteiger partial charge on any atom is 0.242 e. The molecule has 188 valence electrons. The smallest absolute Gasteiger partial charge is 0.242 e. The summed E-state index contributed by atoms with van der Waals surface area (Å²) >= 11 is 6.29. The zero-order valence-electron chi connectivity index (χ0n) is 18.7. The molecule has 3 aromatic rings. The Morgan fingerprint density at radius 2 is 1.65 bits per heavy atom. The number of hydrogen-bond acceptors (Lipinski definition) is 4. The van der Waals surface area contributed by atoms with Gasteiger partial charge in [-0.25, -0.2) is 21.2 Å². The van der Waals surface area contributed by atoms with E-state index in [1.165, 1.54) is 34.4 Å². The molecule has 4 rings (SSSR count). The molecule has 0 unspecified atom stereocenters. The number of hydrogen-bond donors (Lipinski definition) is 0. The van der Waals surface area contributed by atoms with Crippen LogP contribution in [0.3, 0.4) is 0 Å². The van der Waals surface area contributed by atoms with Gasteiger partial charge in [0.15, 0.2) is 0 Å². The number of likely N-dealkylation sites (N-methyl/N-ethyl adjacent to an activating group) is 1. The first-order chi connectivity index (χ1) is 15.2. The van der Waals surface area contributed by atoms with Gasteiger partial charge < -0.3 is 4.90 Å². The second-order valence-electron chi connectivity index (χ2n) is 7.71. The first-order valence-corrected chi connectivity index (χ1v) is 12.1. The summed E-state index contributed by atoms with van der Waals surface area (Å²) in [6.07, 6.45) is 2.86. The Morgan fingerprint density at radius 1 is 1.03 bits per heavy atom. The van der Waals surface area contributed by atoms with Crippen molar-refractivity contribution in [2.24, 2.45) is 0 Å². The maximum absolute atomic E-state index is 12.3. The van der Waals surface area contributed by atoms with Crippen molar-refractivity contribution in [1.29, 1.82) is 0 Å². The number of piperazine rings is 1. The summed E-state index contributed by atoms with van der Waals surface area (Å²) in [6.45, 7) is 8.57. The highest BCUT2D eigenvalue weighted by Crippen LogP contribution is 2.29. The lowest BCUT2D eigenvalue weighted by Gasteiger charge is -2.32. The molecule has 0 bridgehead atoms. The van der Waals surface area contributed by atoms with Crippen molar-refractivity contribution in [1.82, 2.24) is 13.8 Å². The van der Waals surface area contributed by atoms with Gasteiger partial charge in [0.1, 0.15) is 11.6 Å². The zero-order valence-corrected chi connectivity index (χ0v) is 21.9. The molecule has 11 heteroatoms. The molecule has 1 aliphatic heterocycles. The fraction of sp³-hybridized carbons (Fsp3) is 0.304. The van der Waals surface area contributed by atoms with Crippen LogP contribution in [0.15, 0.2) is 61.3 Å². The van der Waals surface area contributed by atoms with Gasteiger partial charge in [-0.3, -0.25) is 4.90 Å². The highest BCUT2D eigenvalue weighted by molar-refractivity contribution is 7.90. The summed E-state index contributed by atoms with van der Waals surface area (Å²) in [5.74, 6) is -1.19. The Labute approximate surface area is 216 Å². The van der Waals surface area contributed by atoms with Gasteiger partial charge >= 0.3 is 0 Å². The van der Waals surface area contributed by atoms with Gasteiger partial charge in [-0.05, 0) is 36.9 Å². The summed E-state index contributed by atoms with van der Waals surface area (Å²) in [7, 11) is -1.33. The van der Waals surface area contributed by atoms with Crippen molar-refractivity contribution >= 4 is 57.3 Å². The van der Waals surface area contributed by atoms with Crippen molar-refractivity contribution in [2.75, 3.05) is 39.0 Å². The van der Waals surface area contributed by atoms with Crippen molar-refractivity contribution in [3.05, 3.63) is 83.5 Å². The van der Waals surface area contributed by atoms with Crippen molar-refractivity contribution < 1.29 is 17.2 Å². The molecule has 0 radical (unpaired) electrons. The van der Waals surface area contributed by atoms with E-state index in [-0.39, 0.29) is 30.6 Å². The lowest BCUT2D eigenvalue weighted by molar-refractivity contribution is 0.148. The van der Waals surface area contributed by atoms with E-state index < -0.39 is 21.7 Å². The molecular formula is C23H28Cl3F2N3O2S. The van der Waals surface area contributed by atoms with E-state index in [0.717, 1.165) is 49.7 Å². The Bertz CT molecular complexity index is 1180. The molecule has 2 heterocycles. The molecule has 5 nitrogen and oxygen atoms in total. The van der Waals surface area contributed by atoms with E-state index in [2.05, 4.69) is 23.4 Å². The van der Waals surface area contributed by atoms with E-state index in [1.54, 1.807) is 0 Å². The first kappa shape index (κ1) is 30.4. The van der Waals surface area contributed by atoms with Crippen LogP contribution in [0.25, 0.3) is 10.9 Å². The normalized spacial score (nSPS) is 14.5. The lowest BCUT2D eigenvalue weighted by Crippen LogP contribution is -2.43. The lowest BCUT2D eigenvalue weighted by atomic mass is 10.1. The molecule has 0 amide bonds. The molecule has 34 heavy (non-hydrogen) atoms. The van der Waals surface area contributed by atoms with Gasteiger partial charge in [0.05, 0.1) is 16.3 Å². The van der Waals surface area contributed by atoms with E-state index >= 15 is 0 Å². The molecule has 1 aromatic heterocycles. The highest BCUT2D eigenvalue weighted by atomic mass is 35.5. The number of fused-ring (bicyclic) bond motifs is 1. The van der Waals surface area contributed by atoms with E-state index in [0.29, 0.717) is 10.5 Å². The van der Waals surface area contributed by atoms with Crippen LogP contribution in [-0.4, -0.2) is 61.2 Å². The Balaban J connectivity index is 0.000000494. The number of rotatable bonds is 5. The summed E-state index contributed by atoms with van der Waals surface area (Å²) in [5, 5.41) is 1.23. The fourth-order valence-corrected chi connectivity index (χ4v) is 4.98. The van der Waals surface area contributed by atoms with Crippen LogP contribution in [0, 0.1) is 11.6 Å². The molecule has 0 N–H and O–H groups in total. The van der Waals surface area contributed by atoms with Crippen LogP contribution >= 0.6 is 36.4 Å². The minimum Gasteiger partial charge on any atom is -0.304 e. The minimum atomic E-state index is -3.46. The number of benzene rings is 2. The van der Waals surface area contributed by atoms with Crippen LogP contribution in [-0.2, 0) is 16.6 Å². The van der Waals surface area contributed by atoms with Gasteiger partial charge in [-0.2, -0.15) is 0 Å². The standard InChI is InChI=1S/C17H22ClN3O2S.C6H4F2.2ClH/c1-3-10-24(22,23)21-13-16(18)15-11-14(4-5-17(15)21)12-20-8-6-19(2)7-9-20;7-5-2-1-3-6(8)4-5;;/h3-5,11,13H,1,6-10,12H2,2H3;1-4H;2*1H. The number of halogens is 5. The molecule has 0 spiro atoms. The molecule has 1 aliphatic rings. The average molecular weight is 555 g/mol. The minimum absolute atomic E-state index is 0. The Kier molecular flexibility index (Phi) is 12.0. The summed E-state index contributed by atoms with van der Waals surface area (Å²) in [4.78, 5) is 4.72. The summed E-state index contributed by atoms with van der Waals surface area (Å²) in [5.41, 5.74) is 1.76. The largest absolute Gasteiger partial charge is 0.304 e. The topological polar surface area (TPSA) is 45.6 Å². The summed E-state index contributed by atoms with van der Waals surface area (Å²) < 4.78 is 49.7. The predicted octanol–water partition coefficient (Wildman–Crippen LogP) is 5.21. The molecule has 2 aromatic carbocycles. The van der Waals surface area contributed by atoms with Crippen LogP contribution < -0.4 is 0 Å². The van der Waals surface area contributed by atoms with Crippen LogP contribution in [0.1, 0.15) is 5.56 Å². The molecule has 0 atom stereocenters. The quantitative estimate of drug-likeness (QED) is 0.406. The zero-order chi connectivity index (χ0) is 23.3. The van der Waals surface area contributed by atoms with Gasteiger partial charge in [-0.1, -0.05) is 29.8 Å². The molecular weight excluding hydrogens is 527 g/mol. The van der Waals surface area contributed by atoms with Gasteiger partial charge in [-0.15, -0.1) is 31.4 Å². The average Bonchev–Trinajstić information content (AvgIpc) is 3.07. The number of nitrogens with zero attached hydrogens (tertiary/aromatic N) is 3. The molecule has 0 aliphatic carbocycles. The summed E-state index contributed by atoms with van der Waals surface area (Å²) in [6, 6.07) is 10.4. The van der Waals surface area contributed by atoms with Crippen LogP contribution in [0.5, 0.6) is 0 Å². The van der Waals surface area contributed by atoms with Crippen molar-refractivity contribution in [3.63, 3.8) is 0 Å². The van der Waals surface area contributed by atoms with Crippen LogP contribution in [0.2, 0.25) is 5.02 Å². The third-order valence-corrected chi connectivity index (χ3v) is 7.06. The van der Waals surface area contributed by atoms with Gasteiger partial charge in [0, 0.05) is 50.4 Å². The van der Waals surface area contributed by atoms with Crippen LogP contribution in [0.4, 0.5) is 8.78 Å². The second kappa shape index (κ2) is 13.4. The predicted molar refractivity (Wildman–Crippen MR) is 140 cm³/mol. The second-order valence-corrected chi connectivity index (χ2v) is 10.0. The molecule has 1 fully saturated rings. The van der Waals surface area contributed by atoms with Gasteiger partial charge in [0.2, 0.25) is 10.0 Å². The van der Waals surface area contributed by atoms with E-state index in [1.807, 2.05) is 18.2 Å². The number of aromatic nitrogens is 1. The third-order valence-electron chi connectivity index (χ3n) is 5.20. The fourth-order valence-electron chi connectivity index (χ4n) is 3.49. The van der Waals surface area contributed by atoms with Crippen molar-refractivity contribution in [2.45, 2.75) is 6.54 Å².